The summed E-state index contributed by atoms with van der Waals surface area (Å²) in [7, 11) is 0. The Morgan fingerprint density at radius 1 is 1.33 bits per heavy atom. The zero-order valence-corrected chi connectivity index (χ0v) is 13.1. The molecule has 1 aliphatic rings. The summed E-state index contributed by atoms with van der Waals surface area (Å²) in [4.78, 5) is 26.9. The first-order chi connectivity index (χ1) is 9.84. The number of benzene rings is 1. The standard InChI is InChI=1S/C14H10Cl3NO3/c1-14(17)11(16)10(7-9(15)12(14)19)18-21-13(20)8-5-3-2-4-6-8/h2-7,11H,1H3/b18-10+/t11-,14+/m1/s1. The lowest BCUT2D eigenvalue weighted by molar-refractivity contribution is -0.116. The van der Waals surface area contributed by atoms with Crippen LogP contribution in [-0.4, -0.2) is 27.7 Å². The highest BCUT2D eigenvalue weighted by Crippen LogP contribution is 2.34. The number of oxime groups is 1. The number of halogens is 3. The van der Waals surface area contributed by atoms with Crippen LogP contribution in [0.2, 0.25) is 0 Å². The van der Waals surface area contributed by atoms with Gasteiger partial charge in [0.15, 0.2) is 5.78 Å². The van der Waals surface area contributed by atoms with Crippen LogP contribution in [0, 0.1) is 0 Å². The predicted octanol–water partition coefficient (Wildman–Crippen LogP) is 3.51. The molecule has 0 aliphatic heterocycles. The second-order valence-electron chi connectivity index (χ2n) is 4.52. The fourth-order valence-electron chi connectivity index (χ4n) is 1.69. The minimum absolute atomic E-state index is 0.112. The third kappa shape index (κ3) is 3.28. The van der Waals surface area contributed by atoms with Gasteiger partial charge in [0.1, 0.15) is 16.0 Å². The van der Waals surface area contributed by atoms with Gasteiger partial charge in [-0.2, -0.15) is 0 Å². The van der Waals surface area contributed by atoms with Gasteiger partial charge in [-0.3, -0.25) is 4.79 Å². The molecule has 0 spiro atoms. The van der Waals surface area contributed by atoms with E-state index in [2.05, 4.69) is 5.16 Å². The normalized spacial score (nSPS) is 27.4. The highest BCUT2D eigenvalue weighted by atomic mass is 35.5. The van der Waals surface area contributed by atoms with Crippen LogP contribution in [0.15, 0.2) is 46.6 Å². The van der Waals surface area contributed by atoms with E-state index in [-0.39, 0.29) is 10.7 Å². The molecule has 0 amide bonds. The van der Waals surface area contributed by atoms with E-state index in [0.717, 1.165) is 0 Å². The first-order valence-electron chi connectivity index (χ1n) is 5.93. The molecule has 0 aromatic heterocycles. The van der Waals surface area contributed by atoms with Crippen molar-refractivity contribution in [2.45, 2.75) is 17.2 Å². The summed E-state index contributed by atoms with van der Waals surface area (Å²) < 4.78 is 0. The van der Waals surface area contributed by atoms with Gasteiger partial charge >= 0.3 is 5.97 Å². The van der Waals surface area contributed by atoms with Crippen molar-refractivity contribution < 1.29 is 14.4 Å². The largest absolute Gasteiger partial charge is 0.365 e. The van der Waals surface area contributed by atoms with Crippen LogP contribution < -0.4 is 0 Å². The number of carbonyl (C=O) groups excluding carboxylic acids is 2. The predicted molar refractivity (Wildman–Crippen MR) is 82.1 cm³/mol. The van der Waals surface area contributed by atoms with Crippen molar-refractivity contribution in [2.24, 2.45) is 5.16 Å². The van der Waals surface area contributed by atoms with Gasteiger partial charge in [0.2, 0.25) is 0 Å². The molecule has 2 atom stereocenters. The third-order valence-corrected chi connectivity index (χ3v) is 4.36. The fraction of sp³-hybridized carbons (Fsp3) is 0.214. The molecule has 110 valence electrons. The quantitative estimate of drug-likeness (QED) is 0.468. The maximum atomic E-state index is 11.8. The van der Waals surface area contributed by atoms with Crippen LogP contribution in [0.1, 0.15) is 17.3 Å². The van der Waals surface area contributed by atoms with E-state index in [0.29, 0.717) is 5.56 Å². The number of nitrogens with zero attached hydrogens (tertiary/aromatic N) is 1. The number of allylic oxidation sites excluding steroid dienone is 2. The first-order valence-corrected chi connectivity index (χ1v) is 7.12. The number of ketones is 1. The van der Waals surface area contributed by atoms with Crippen molar-refractivity contribution in [1.29, 1.82) is 0 Å². The average Bonchev–Trinajstić information content (AvgIpc) is 2.48. The molecule has 7 heteroatoms. The fourth-order valence-corrected chi connectivity index (χ4v) is 2.46. The molecule has 4 nitrogen and oxygen atoms in total. The maximum Gasteiger partial charge on any atom is 0.365 e. The zero-order chi connectivity index (χ0) is 15.6. The molecule has 0 fully saturated rings. The Morgan fingerprint density at radius 3 is 2.57 bits per heavy atom. The van der Waals surface area contributed by atoms with E-state index in [1.54, 1.807) is 30.3 Å². The molecule has 0 saturated carbocycles. The molecule has 1 aliphatic carbocycles. The number of carbonyl (C=O) groups is 2. The average molecular weight is 347 g/mol. The van der Waals surface area contributed by atoms with E-state index in [9.17, 15) is 9.59 Å². The Morgan fingerprint density at radius 2 is 1.95 bits per heavy atom. The lowest BCUT2D eigenvalue weighted by atomic mass is 9.92. The smallest absolute Gasteiger partial charge is 0.312 e. The number of alkyl halides is 2. The number of hydrogen-bond acceptors (Lipinski definition) is 4. The van der Waals surface area contributed by atoms with Gasteiger partial charge < -0.3 is 4.84 Å². The molecule has 0 N–H and O–H groups in total. The lowest BCUT2D eigenvalue weighted by Crippen LogP contribution is -2.46. The van der Waals surface area contributed by atoms with Crippen molar-refractivity contribution in [1.82, 2.24) is 0 Å². The van der Waals surface area contributed by atoms with E-state index >= 15 is 0 Å². The molecule has 21 heavy (non-hydrogen) atoms. The Balaban J connectivity index is 2.22. The summed E-state index contributed by atoms with van der Waals surface area (Å²) in [5, 5.41) is 2.59. The molecular formula is C14H10Cl3NO3. The van der Waals surface area contributed by atoms with Gasteiger partial charge in [0.25, 0.3) is 0 Å². The first kappa shape index (κ1) is 16.0. The maximum absolute atomic E-state index is 11.8. The van der Waals surface area contributed by atoms with Gasteiger partial charge in [0, 0.05) is 0 Å². The summed E-state index contributed by atoms with van der Waals surface area (Å²) in [5.41, 5.74) is 0.451. The lowest BCUT2D eigenvalue weighted by Gasteiger charge is -2.29. The second kappa shape index (κ2) is 6.18. The Kier molecular flexibility index (Phi) is 4.71. The number of Topliss-reactive ketones (excluding diaryl/α,β-unsaturated/α-hetero) is 1. The summed E-state index contributed by atoms with van der Waals surface area (Å²) in [5.74, 6) is -1.15. The van der Waals surface area contributed by atoms with Crippen LogP contribution in [0.25, 0.3) is 0 Å². The van der Waals surface area contributed by atoms with E-state index in [4.69, 9.17) is 39.6 Å². The molecule has 0 saturated heterocycles. The number of rotatable bonds is 2. The molecule has 0 heterocycles. The topological polar surface area (TPSA) is 55.7 Å². The van der Waals surface area contributed by atoms with Crippen molar-refractivity contribution in [3.63, 3.8) is 0 Å². The summed E-state index contributed by atoms with van der Waals surface area (Å²) >= 11 is 17.9. The monoisotopic (exact) mass is 345 g/mol. The van der Waals surface area contributed by atoms with E-state index in [1.807, 2.05) is 0 Å². The van der Waals surface area contributed by atoms with Crippen molar-refractivity contribution in [3.05, 3.63) is 47.0 Å². The SMILES string of the molecule is C[C@@]1(Cl)C(=O)C(Cl)=C/C(=N\OC(=O)c2ccccc2)[C@H]1Cl. The van der Waals surface area contributed by atoms with Gasteiger partial charge in [-0.1, -0.05) is 35.0 Å². The Hall–Kier alpha value is -1.36. The minimum Gasteiger partial charge on any atom is -0.312 e. The summed E-state index contributed by atoms with van der Waals surface area (Å²) in [6, 6.07) is 8.32. The zero-order valence-electron chi connectivity index (χ0n) is 10.8. The van der Waals surface area contributed by atoms with Crippen molar-refractivity contribution in [3.8, 4) is 0 Å². The van der Waals surface area contributed by atoms with Crippen molar-refractivity contribution >= 4 is 52.3 Å². The summed E-state index contributed by atoms with van der Waals surface area (Å²) in [6.07, 6.45) is 1.24. The number of hydrogen-bond donors (Lipinski definition) is 0. The molecular weight excluding hydrogens is 337 g/mol. The molecule has 0 radical (unpaired) electrons. The van der Waals surface area contributed by atoms with Crippen LogP contribution >= 0.6 is 34.8 Å². The molecule has 1 aromatic carbocycles. The third-order valence-electron chi connectivity index (χ3n) is 2.91. The van der Waals surface area contributed by atoms with E-state index in [1.165, 1.54) is 13.0 Å². The Bertz CT molecular complexity index is 638. The van der Waals surface area contributed by atoms with Gasteiger partial charge in [-0.25, -0.2) is 4.79 Å². The highest BCUT2D eigenvalue weighted by molar-refractivity contribution is 6.58. The van der Waals surface area contributed by atoms with Crippen LogP contribution in [0.3, 0.4) is 0 Å². The second-order valence-corrected chi connectivity index (χ2v) is 6.15. The van der Waals surface area contributed by atoms with Crippen LogP contribution in [-0.2, 0) is 9.63 Å². The van der Waals surface area contributed by atoms with E-state index < -0.39 is 22.0 Å². The summed E-state index contributed by atoms with van der Waals surface area (Å²) in [6.45, 7) is 1.43. The molecule has 1 aromatic rings. The van der Waals surface area contributed by atoms with Crippen molar-refractivity contribution in [2.75, 3.05) is 0 Å². The molecule has 2 rings (SSSR count). The Labute approximate surface area is 136 Å². The minimum atomic E-state index is -1.44. The van der Waals surface area contributed by atoms with Crippen LogP contribution in [0.4, 0.5) is 0 Å². The molecule has 0 unspecified atom stereocenters. The van der Waals surface area contributed by atoms with Gasteiger partial charge in [0.05, 0.1) is 10.6 Å². The van der Waals surface area contributed by atoms with Gasteiger partial charge in [-0.15, -0.1) is 23.2 Å². The van der Waals surface area contributed by atoms with Crippen LogP contribution in [0.5, 0.6) is 0 Å². The highest BCUT2D eigenvalue weighted by Gasteiger charge is 2.45. The van der Waals surface area contributed by atoms with Gasteiger partial charge in [-0.05, 0) is 25.1 Å². The molecule has 0 bridgehead atoms.